The standard InChI is InChI=1S/C11H12N2O2/c1-15-11(14)10(12)9-6-7-4-2-3-5-8(7)13-9/h2-6,10,13H,12H2,1H3. The van der Waals surface area contributed by atoms with E-state index in [0.29, 0.717) is 5.69 Å². The number of hydrogen-bond acceptors (Lipinski definition) is 3. The van der Waals surface area contributed by atoms with Crippen molar-refractivity contribution in [3.8, 4) is 0 Å². The van der Waals surface area contributed by atoms with Gasteiger partial charge in [-0.05, 0) is 17.5 Å². The van der Waals surface area contributed by atoms with Gasteiger partial charge in [-0.25, -0.2) is 4.79 Å². The van der Waals surface area contributed by atoms with Crippen molar-refractivity contribution in [2.45, 2.75) is 6.04 Å². The van der Waals surface area contributed by atoms with E-state index in [-0.39, 0.29) is 0 Å². The number of aromatic nitrogens is 1. The number of nitrogens with two attached hydrogens (primary N) is 1. The zero-order valence-corrected chi connectivity index (χ0v) is 8.36. The molecule has 78 valence electrons. The predicted molar refractivity (Wildman–Crippen MR) is 57.2 cm³/mol. The first kappa shape index (κ1) is 9.73. The zero-order valence-electron chi connectivity index (χ0n) is 8.36. The van der Waals surface area contributed by atoms with Crippen molar-refractivity contribution in [2.24, 2.45) is 5.73 Å². The van der Waals surface area contributed by atoms with Crippen molar-refractivity contribution in [3.63, 3.8) is 0 Å². The van der Waals surface area contributed by atoms with Crippen LogP contribution in [0.3, 0.4) is 0 Å². The maximum absolute atomic E-state index is 11.2. The minimum atomic E-state index is -0.748. The number of hydrogen-bond donors (Lipinski definition) is 2. The van der Waals surface area contributed by atoms with Crippen LogP contribution in [0.2, 0.25) is 0 Å². The number of benzene rings is 1. The molecular formula is C11H12N2O2. The third-order valence-corrected chi connectivity index (χ3v) is 2.34. The minimum Gasteiger partial charge on any atom is -0.468 e. The van der Waals surface area contributed by atoms with E-state index < -0.39 is 12.0 Å². The summed E-state index contributed by atoms with van der Waals surface area (Å²) in [4.78, 5) is 14.3. The van der Waals surface area contributed by atoms with Crippen LogP contribution in [0.25, 0.3) is 10.9 Å². The second-order valence-electron chi connectivity index (χ2n) is 3.31. The molecule has 1 aromatic carbocycles. The van der Waals surface area contributed by atoms with E-state index in [1.165, 1.54) is 7.11 Å². The molecule has 0 radical (unpaired) electrons. The van der Waals surface area contributed by atoms with E-state index in [1.807, 2.05) is 30.3 Å². The molecule has 2 aromatic rings. The molecule has 4 nitrogen and oxygen atoms in total. The fourth-order valence-electron chi connectivity index (χ4n) is 1.52. The second kappa shape index (κ2) is 3.74. The van der Waals surface area contributed by atoms with Crippen LogP contribution >= 0.6 is 0 Å². The van der Waals surface area contributed by atoms with Gasteiger partial charge in [0.15, 0.2) is 0 Å². The van der Waals surface area contributed by atoms with Gasteiger partial charge in [0.1, 0.15) is 6.04 Å². The number of nitrogens with one attached hydrogen (secondary N) is 1. The summed E-state index contributed by atoms with van der Waals surface area (Å²) in [5.41, 5.74) is 7.34. The predicted octanol–water partition coefficient (Wildman–Crippen LogP) is 1.34. The smallest absolute Gasteiger partial charge is 0.328 e. The molecule has 0 aliphatic heterocycles. The van der Waals surface area contributed by atoms with Crippen LogP contribution in [0, 0.1) is 0 Å². The Kier molecular flexibility index (Phi) is 2.43. The fourth-order valence-corrected chi connectivity index (χ4v) is 1.52. The SMILES string of the molecule is COC(=O)C(N)c1cc2ccccc2[nH]1. The molecule has 0 aliphatic carbocycles. The van der Waals surface area contributed by atoms with Crippen molar-refractivity contribution in [1.29, 1.82) is 0 Å². The lowest BCUT2D eigenvalue weighted by atomic mass is 10.2. The Morgan fingerprint density at radius 1 is 1.47 bits per heavy atom. The highest BCUT2D eigenvalue weighted by Gasteiger charge is 2.17. The van der Waals surface area contributed by atoms with E-state index in [0.717, 1.165) is 10.9 Å². The molecule has 2 rings (SSSR count). The number of rotatable bonds is 2. The van der Waals surface area contributed by atoms with Gasteiger partial charge < -0.3 is 15.5 Å². The monoisotopic (exact) mass is 204 g/mol. The topological polar surface area (TPSA) is 68.1 Å². The van der Waals surface area contributed by atoms with Crippen LogP contribution in [-0.2, 0) is 9.53 Å². The average molecular weight is 204 g/mol. The molecule has 0 saturated carbocycles. The highest BCUT2D eigenvalue weighted by atomic mass is 16.5. The molecule has 1 aromatic heterocycles. The van der Waals surface area contributed by atoms with Crippen LogP contribution in [-0.4, -0.2) is 18.1 Å². The quantitative estimate of drug-likeness (QED) is 0.725. The van der Waals surface area contributed by atoms with Gasteiger partial charge in [0.25, 0.3) is 0 Å². The molecule has 4 heteroatoms. The highest BCUT2D eigenvalue weighted by molar-refractivity contribution is 5.84. The molecular weight excluding hydrogens is 192 g/mol. The lowest BCUT2D eigenvalue weighted by Gasteiger charge is -2.05. The van der Waals surface area contributed by atoms with Crippen molar-refractivity contribution >= 4 is 16.9 Å². The fraction of sp³-hybridized carbons (Fsp3) is 0.182. The van der Waals surface area contributed by atoms with Gasteiger partial charge in [-0.3, -0.25) is 0 Å². The van der Waals surface area contributed by atoms with Crippen molar-refractivity contribution in [2.75, 3.05) is 7.11 Å². The van der Waals surface area contributed by atoms with E-state index >= 15 is 0 Å². The summed E-state index contributed by atoms with van der Waals surface area (Å²) in [6.45, 7) is 0. The van der Waals surface area contributed by atoms with E-state index in [9.17, 15) is 4.79 Å². The summed E-state index contributed by atoms with van der Waals surface area (Å²) in [6, 6.07) is 8.86. The van der Waals surface area contributed by atoms with Gasteiger partial charge in [-0.15, -0.1) is 0 Å². The molecule has 15 heavy (non-hydrogen) atoms. The average Bonchev–Trinajstić information content (AvgIpc) is 2.70. The summed E-state index contributed by atoms with van der Waals surface area (Å²) in [5, 5.41) is 1.03. The lowest BCUT2D eigenvalue weighted by molar-refractivity contribution is -0.142. The zero-order chi connectivity index (χ0) is 10.8. The number of ether oxygens (including phenoxy) is 1. The number of methoxy groups -OCH3 is 1. The first-order chi connectivity index (χ1) is 7.22. The molecule has 0 spiro atoms. The third kappa shape index (κ3) is 1.71. The molecule has 1 heterocycles. The Balaban J connectivity index is 2.40. The Morgan fingerprint density at radius 3 is 2.87 bits per heavy atom. The number of H-pyrrole nitrogens is 1. The number of para-hydroxylation sites is 1. The first-order valence-corrected chi connectivity index (χ1v) is 4.63. The lowest BCUT2D eigenvalue weighted by Crippen LogP contribution is -2.22. The molecule has 0 fully saturated rings. The molecule has 1 unspecified atom stereocenters. The normalized spacial score (nSPS) is 12.7. The summed E-state index contributed by atoms with van der Waals surface area (Å²) < 4.78 is 4.58. The maximum atomic E-state index is 11.2. The summed E-state index contributed by atoms with van der Waals surface area (Å²) >= 11 is 0. The number of aromatic amines is 1. The van der Waals surface area contributed by atoms with Gasteiger partial charge in [-0.2, -0.15) is 0 Å². The molecule has 3 N–H and O–H groups in total. The second-order valence-corrected chi connectivity index (χ2v) is 3.31. The maximum Gasteiger partial charge on any atom is 0.328 e. The van der Waals surface area contributed by atoms with Crippen LogP contribution in [0.1, 0.15) is 11.7 Å². The number of esters is 1. The van der Waals surface area contributed by atoms with Crippen LogP contribution in [0.5, 0.6) is 0 Å². The number of carbonyl (C=O) groups is 1. The van der Waals surface area contributed by atoms with Crippen molar-refractivity contribution < 1.29 is 9.53 Å². The van der Waals surface area contributed by atoms with Crippen LogP contribution in [0.15, 0.2) is 30.3 Å². The Labute approximate surface area is 87.0 Å². The van der Waals surface area contributed by atoms with Gasteiger partial charge in [0, 0.05) is 11.2 Å². The van der Waals surface area contributed by atoms with Gasteiger partial charge in [0.05, 0.1) is 7.11 Å². The summed E-state index contributed by atoms with van der Waals surface area (Å²) in [6.07, 6.45) is 0. The van der Waals surface area contributed by atoms with Crippen LogP contribution in [0.4, 0.5) is 0 Å². The summed E-state index contributed by atoms with van der Waals surface area (Å²) in [7, 11) is 1.32. The first-order valence-electron chi connectivity index (χ1n) is 4.63. The Hall–Kier alpha value is -1.81. The Morgan fingerprint density at radius 2 is 2.20 bits per heavy atom. The van der Waals surface area contributed by atoms with E-state index in [1.54, 1.807) is 0 Å². The van der Waals surface area contributed by atoms with Crippen LogP contribution < -0.4 is 5.73 Å². The van der Waals surface area contributed by atoms with Gasteiger partial charge >= 0.3 is 5.97 Å². The van der Waals surface area contributed by atoms with E-state index in [2.05, 4.69) is 9.72 Å². The highest BCUT2D eigenvalue weighted by Crippen LogP contribution is 2.19. The van der Waals surface area contributed by atoms with E-state index in [4.69, 9.17) is 5.73 Å². The largest absolute Gasteiger partial charge is 0.468 e. The third-order valence-electron chi connectivity index (χ3n) is 2.34. The van der Waals surface area contributed by atoms with Crippen molar-refractivity contribution in [1.82, 2.24) is 4.98 Å². The van der Waals surface area contributed by atoms with Gasteiger partial charge in [0.2, 0.25) is 0 Å². The molecule has 0 aliphatic rings. The molecule has 0 amide bonds. The van der Waals surface area contributed by atoms with Gasteiger partial charge in [-0.1, -0.05) is 18.2 Å². The molecule has 0 bridgehead atoms. The number of carbonyl (C=O) groups excluding carboxylic acids is 1. The minimum absolute atomic E-state index is 0.443. The Bertz CT molecular complexity index is 457. The van der Waals surface area contributed by atoms with Crippen molar-refractivity contribution in [3.05, 3.63) is 36.0 Å². The molecule has 0 saturated heterocycles. The molecule has 1 atom stereocenters. The number of fused-ring (bicyclic) bond motifs is 1. The summed E-state index contributed by atoms with van der Waals surface area (Å²) in [5.74, 6) is -0.443.